The summed E-state index contributed by atoms with van der Waals surface area (Å²) in [6.45, 7) is 1.84. The zero-order chi connectivity index (χ0) is 13.3. The first-order valence-corrected chi connectivity index (χ1v) is 7.09. The molecule has 0 radical (unpaired) electrons. The minimum atomic E-state index is -0.880. The summed E-state index contributed by atoms with van der Waals surface area (Å²) in [6, 6.07) is 17.8. The summed E-state index contributed by atoms with van der Waals surface area (Å²) >= 11 is 1.65. The lowest BCUT2D eigenvalue weighted by Crippen LogP contribution is -2.23. The van der Waals surface area contributed by atoms with Gasteiger partial charge in [0, 0.05) is 6.42 Å². The molecule has 0 spiro atoms. The van der Waals surface area contributed by atoms with E-state index >= 15 is 0 Å². The predicted molar refractivity (Wildman–Crippen MR) is 79.3 cm³/mol. The molecule has 2 nitrogen and oxygen atoms in total. The summed E-state index contributed by atoms with van der Waals surface area (Å²) in [5.41, 5.74) is 1.05. The smallest absolute Gasteiger partial charge is 0.0970 e. The molecule has 3 heteroatoms. The minimum Gasteiger partial charge on any atom is -0.385 e. The summed E-state index contributed by atoms with van der Waals surface area (Å²) < 4.78 is 1.17. The topological polar surface area (TPSA) is 33.1 Å². The maximum atomic E-state index is 10.6. The van der Waals surface area contributed by atoms with Gasteiger partial charge in [0.1, 0.15) is 0 Å². The molecular weight excluding hydrogens is 254 g/mol. The van der Waals surface area contributed by atoms with Crippen LogP contribution in [0.1, 0.15) is 17.5 Å². The van der Waals surface area contributed by atoms with Gasteiger partial charge in [-0.2, -0.15) is 0 Å². The number of nitrogens with zero attached hydrogens (tertiary/aromatic N) is 1. The van der Waals surface area contributed by atoms with Crippen molar-refractivity contribution in [1.82, 2.24) is 4.98 Å². The summed E-state index contributed by atoms with van der Waals surface area (Å²) in [5.74, 6) is 0. The highest BCUT2D eigenvalue weighted by Gasteiger charge is 2.24. The van der Waals surface area contributed by atoms with Crippen molar-refractivity contribution in [3.63, 3.8) is 0 Å². The fourth-order valence-corrected chi connectivity index (χ4v) is 3.31. The molecule has 1 atom stereocenters. The van der Waals surface area contributed by atoms with Gasteiger partial charge in [-0.05, 0) is 24.6 Å². The van der Waals surface area contributed by atoms with Crippen LogP contribution < -0.4 is 0 Å². The van der Waals surface area contributed by atoms with Crippen LogP contribution in [0.25, 0.3) is 10.2 Å². The van der Waals surface area contributed by atoms with Gasteiger partial charge in [0.15, 0.2) is 0 Å². The van der Waals surface area contributed by atoms with E-state index in [1.807, 2.05) is 55.5 Å². The highest BCUT2D eigenvalue weighted by Crippen LogP contribution is 2.29. The normalized spacial score (nSPS) is 14.4. The molecular formula is C16H15NOS. The molecule has 1 N–H and O–H groups in total. The number of thiazole rings is 1. The van der Waals surface area contributed by atoms with Gasteiger partial charge in [-0.25, -0.2) is 4.98 Å². The molecule has 2 aromatic carbocycles. The van der Waals surface area contributed by atoms with Crippen molar-refractivity contribution < 1.29 is 5.11 Å². The van der Waals surface area contributed by atoms with E-state index in [-0.39, 0.29) is 0 Å². The fraction of sp³-hybridized carbons (Fsp3) is 0.188. The maximum Gasteiger partial charge on any atom is 0.0970 e. The van der Waals surface area contributed by atoms with Gasteiger partial charge >= 0.3 is 0 Å². The number of aliphatic hydroxyl groups is 1. The Morgan fingerprint density at radius 3 is 2.47 bits per heavy atom. The van der Waals surface area contributed by atoms with Gasteiger partial charge in [0.2, 0.25) is 0 Å². The van der Waals surface area contributed by atoms with E-state index in [1.165, 1.54) is 4.70 Å². The largest absolute Gasteiger partial charge is 0.385 e. The Balaban J connectivity index is 1.92. The Hall–Kier alpha value is -1.71. The highest BCUT2D eigenvalue weighted by molar-refractivity contribution is 7.18. The molecule has 0 amide bonds. The van der Waals surface area contributed by atoms with E-state index < -0.39 is 5.60 Å². The van der Waals surface area contributed by atoms with Crippen LogP contribution in [0, 0.1) is 0 Å². The van der Waals surface area contributed by atoms with Crippen molar-refractivity contribution >= 4 is 21.6 Å². The van der Waals surface area contributed by atoms with Crippen molar-refractivity contribution in [3.8, 4) is 0 Å². The molecule has 0 saturated heterocycles. The number of rotatable bonds is 3. The zero-order valence-corrected chi connectivity index (χ0v) is 11.5. The maximum absolute atomic E-state index is 10.6. The average molecular weight is 269 g/mol. The molecule has 3 rings (SSSR count). The molecule has 0 aliphatic carbocycles. The molecule has 0 saturated carbocycles. The van der Waals surface area contributed by atoms with E-state index in [0.717, 1.165) is 16.1 Å². The number of fused-ring (bicyclic) bond motifs is 1. The summed E-state index contributed by atoms with van der Waals surface area (Å²) in [4.78, 5) is 4.58. The van der Waals surface area contributed by atoms with E-state index in [4.69, 9.17) is 0 Å². The van der Waals surface area contributed by atoms with Crippen molar-refractivity contribution in [2.75, 3.05) is 0 Å². The van der Waals surface area contributed by atoms with E-state index in [1.54, 1.807) is 11.3 Å². The van der Waals surface area contributed by atoms with Gasteiger partial charge in [0.25, 0.3) is 0 Å². The summed E-state index contributed by atoms with van der Waals surface area (Å²) in [7, 11) is 0. The standard InChI is InChI=1S/C16H15NOS/c1-16(18,12-7-3-2-4-8-12)11-15-17-13-9-5-6-10-14(13)19-15/h2-10,18H,11H2,1H3. The van der Waals surface area contributed by atoms with Gasteiger partial charge in [-0.3, -0.25) is 0 Å². The van der Waals surface area contributed by atoms with Crippen LogP contribution in [-0.4, -0.2) is 10.1 Å². The van der Waals surface area contributed by atoms with Crippen LogP contribution in [0.5, 0.6) is 0 Å². The summed E-state index contributed by atoms with van der Waals surface area (Å²) in [5, 5.41) is 11.6. The number of hydrogen-bond donors (Lipinski definition) is 1. The third kappa shape index (κ3) is 2.53. The Morgan fingerprint density at radius 2 is 1.74 bits per heavy atom. The van der Waals surface area contributed by atoms with E-state index in [2.05, 4.69) is 11.1 Å². The van der Waals surface area contributed by atoms with Gasteiger partial charge in [0.05, 0.1) is 20.8 Å². The van der Waals surface area contributed by atoms with Crippen LogP contribution in [0.2, 0.25) is 0 Å². The van der Waals surface area contributed by atoms with Crippen LogP contribution in [-0.2, 0) is 12.0 Å². The number of hydrogen-bond acceptors (Lipinski definition) is 3. The molecule has 0 aliphatic heterocycles. The Labute approximate surface area is 116 Å². The second-order valence-corrected chi connectivity index (χ2v) is 6.01. The molecule has 1 heterocycles. The molecule has 0 aliphatic rings. The Morgan fingerprint density at radius 1 is 1.05 bits per heavy atom. The van der Waals surface area contributed by atoms with Crippen LogP contribution in [0.15, 0.2) is 54.6 Å². The molecule has 0 bridgehead atoms. The van der Waals surface area contributed by atoms with Gasteiger partial charge in [-0.15, -0.1) is 11.3 Å². The second-order valence-electron chi connectivity index (χ2n) is 4.89. The molecule has 19 heavy (non-hydrogen) atoms. The van der Waals surface area contributed by atoms with Gasteiger partial charge < -0.3 is 5.11 Å². The third-order valence-electron chi connectivity index (χ3n) is 3.23. The first-order valence-electron chi connectivity index (χ1n) is 6.27. The van der Waals surface area contributed by atoms with Crippen LogP contribution >= 0.6 is 11.3 Å². The SMILES string of the molecule is CC(O)(Cc1nc2ccccc2s1)c1ccccc1. The fourth-order valence-electron chi connectivity index (χ4n) is 2.19. The third-order valence-corrected chi connectivity index (χ3v) is 4.27. The van der Waals surface area contributed by atoms with E-state index in [9.17, 15) is 5.11 Å². The number of benzene rings is 2. The second kappa shape index (κ2) is 4.76. The zero-order valence-electron chi connectivity index (χ0n) is 10.7. The van der Waals surface area contributed by atoms with Crippen LogP contribution in [0.4, 0.5) is 0 Å². The Kier molecular flexibility index (Phi) is 3.09. The summed E-state index contributed by atoms with van der Waals surface area (Å²) in [6.07, 6.45) is 0.538. The molecule has 3 aromatic rings. The minimum absolute atomic E-state index is 0.538. The lowest BCUT2D eigenvalue weighted by molar-refractivity contribution is 0.0576. The Bertz CT molecular complexity index is 655. The molecule has 1 unspecified atom stereocenters. The van der Waals surface area contributed by atoms with E-state index in [0.29, 0.717) is 6.42 Å². The number of para-hydroxylation sites is 1. The lowest BCUT2D eigenvalue weighted by atomic mass is 9.93. The monoisotopic (exact) mass is 269 g/mol. The molecule has 1 aromatic heterocycles. The predicted octanol–water partition coefficient (Wildman–Crippen LogP) is 3.75. The molecule has 0 fully saturated rings. The quantitative estimate of drug-likeness (QED) is 0.785. The van der Waals surface area contributed by atoms with Crippen LogP contribution in [0.3, 0.4) is 0 Å². The first kappa shape index (κ1) is 12.3. The molecule has 96 valence electrons. The van der Waals surface area contributed by atoms with Crippen molar-refractivity contribution in [2.24, 2.45) is 0 Å². The van der Waals surface area contributed by atoms with Crippen molar-refractivity contribution in [2.45, 2.75) is 18.9 Å². The van der Waals surface area contributed by atoms with Gasteiger partial charge in [-0.1, -0.05) is 42.5 Å². The highest BCUT2D eigenvalue weighted by atomic mass is 32.1. The van der Waals surface area contributed by atoms with Crippen molar-refractivity contribution in [1.29, 1.82) is 0 Å². The lowest BCUT2D eigenvalue weighted by Gasteiger charge is -2.22. The number of aromatic nitrogens is 1. The van der Waals surface area contributed by atoms with Crippen molar-refractivity contribution in [3.05, 3.63) is 65.2 Å². The first-order chi connectivity index (χ1) is 9.15. The average Bonchev–Trinajstić information content (AvgIpc) is 2.81.